The van der Waals surface area contributed by atoms with Crippen LogP contribution in [0.5, 0.6) is 0 Å². The summed E-state index contributed by atoms with van der Waals surface area (Å²) in [7, 11) is 0. The van der Waals surface area contributed by atoms with E-state index >= 15 is 0 Å². The Bertz CT molecular complexity index is 535. The normalized spacial score (nSPS) is 10.4. The quantitative estimate of drug-likeness (QED) is 0.729. The number of nitrogens with one attached hydrogen (secondary N) is 1. The first kappa shape index (κ1) is 20.2. The summed E-state index contributed by atoms with van der Waals surface area (Å²) in [6.07, 6.45) is -4.39. The molecule has 2 rings (SSSR count). The summed E-state index contributed by atoms with van der Waals surface area (Å²) >= 11 is 0. The average molecular weight is 304 g/mol. The average Bonchev–Trinajstić information content (AvgIpc) is 2.39. The van der Waals surface area contributed by atoms with E-state index in [0.717, 1.165) is 11.6 Å². The zero-order chi connectivity index (χ0) is 13.7. The maximum absolute atomic E-state index is 12.5. The van der Waals surface area contributed by atoms with Crippen molar-refractivity contribution in [3.05, 3.63) is 65.5 Å². The molecule has 0 radical (unpaired) electrons. The second-order valence-corrected chi connectivity index (χ2v) is 4.10. The van der Waals surface area contributed by atoms with E-state index in [2.05, 4.69) is 10.3 Å². The van der Waals surface area contributed by atoms with Gasteiger partial charge in [0.2, 0.25) is 0 Å². The number of aromatic nitrogens is 1. The van der Waals surface area contributed by atoms with Crippen LogP contribution in [0, 0.1) is 0 Å². The summed E-state index contributed by atoms with van der Waals surface area (Å²) in [4.78, 5) is 3.59. The van der Waals surface area contributed by atoms with Crippen molar-refractivity contribution in [2.45, 2.75) is 19.3 Å². The van der Waals surface area contributed by atoms with Crippen LogP contribution < -0.4 is 34.9 Å². The molecule has 2 nitrogen and oxygen atoms in total. The number of alkyl halides is 3. The molecule has 0 bridgehead atoms. The summed E-state index contributed by atoms with van der Waals surface area (Å²) in [6.45, 7) is 0.900. The molecule has 108 valence electrons. The van der Waals surface area contributed by atoms with Crippen LogP contribution in [-0.4, -0.2) is 13.4 Å². The Labute approximate surface area is 146 Å². The molecule has 21 heavy (non-hydrogen) atoms. The maximum atomic E-state index is 12.5. The second kappa shape index (κ2) is 9.25. The third-order valence-corrected chi connectivity index (χ3v) is 2.58. The van der Waals surface area contributed by atoms with Crippen molar-refractivity contribution >= 4 is 8.41 Å². The summed E-state index contributed by atoms with van der Waals surface area (Å²) in [5.74, 6) is 0. The van der Waals surface area contributed by atoms with Crippen molar-refractivity contribution in [1.29, 1.82) is 0 Å². The van der Waals surface area contributed by atoms with Gasteiger partial charge in [-0.1, -0.05) is 44.8 Å². The Hall–Kier alpha value is -0.815. The first-order chi connectivity index (χ1) is 9.05. The Morgan fingerprint density at radius 1 is 0.905 bits per heavy atom. The van der Waals surface area contributed by atoms with Gasteiger partial charge in [-0.05, 0) is 17.7 Å². The van der Waals surface area contributed by atoms with Gasteiger partial charge in [-0.3, -0.25) is 0 Å². The van der Waals surface area contributed by atoms with Gasteiger partial charge in [-0.15, -0.1) is 0 Å². The van der Waals surface area contributed by atoms with Crippen molar-refractivity contribution < 1.29 is 42.7 Å². The molecule has 0 aliphatic rings. The first-order valence-corrected chi connectivity index (χ1v) is 5.83. The van der Waals surface area contributed by atoms with Gasteiger partial charge in [0.15, 0.2) is 0 Å². The molecule has 0 fully saturated rings. The van der Waals surface area contributed by atoms with Crippen LogP contribution in [0.1, 0.15) is 17.0 Å². The van der Waals surface area contributed by atoms with Crippen LogP contribution in [0.4, 0.5) is 13.2 Å². The molecule has 0 saturated carbocycles. The van der Waals surface area contributed by atoms with E-state index < -0.39 is 11.9 Å². The van der Waals surface area contributed by atoms with Crippen molar-refractivity contribution in [2.75, 3.05) is 0 Å². The predicted octanol–water partition coefficient (Wildman–Crippen LogP) is -1.06. The van der Waals surface area contributed by atoms with E-state index in [1.807, 2.05) is 30.3 Å². The van der Waals surface area contributed by atoms with Gasteiger partial charge in [-0.25, -0.2) is 4.98 Å². The van der Waals surface area contributed by atoms with E-state index in [1.165, 1.54) is 6.07 Å². The van der Waals surface area contributed by atoms with Crippen LogP contribution in [0.3, 0.4) is 0 Å². The zero-order valence-corrected chi connectivity index (χ0v) is 13.1. The Kier molecular flexibility index (Phi) is 8.89. The molecule has 7 heteroatoms. The number of hydrogen-bond donors (Lipinski definition) is 1. The fraction of sp³-hybridized carbons (Fsp3) is 0.214. The predicted molar refractivity (Wildman–Crippen MR) is 77.6 cm³/mol. The van der Waals surface area contributed by atoms with E-state index in [4.69, 9.17) is 0 Å². The molecule has 0 atom stereocenters. The first-order valence-electron chi connectivity index (χ1n) is 5.83. The number of rotatable bonds is 4. The molecule has 0 amide bonds. The molecule has 0 aliphatic carbocycles. The third kappa shape index (κ3) is 6.65. The smallest absolute Gasteiger partial charge is 0.307 e. The van der Waals surface area contributed by atoms with E-state index in [1.54, 1.807) is 6.07 Å². The van der Waals surface area contributed by atoms with E-state index in [0.29, 0.717) is 18.8 Å². The molecular weight excluding hydrogens is 287 g/mol. The second-order valence-electron chi connectivity index (χ2n) is 4.10. The third-order valence-electron chi connectivity index (χ3n) is 2.58. The van der Waals surface area contributed by atoms with Crippen LogP contribution in [0.25, 0.3) is 0 Å². The van der Waals surface area contributed by atoms with E-state index in [-0.39, 0.29) is 38.0 Å². The van der Waals surface area contributed by atoms with Crippen molar-refractivity contribution in [3.8, 4) is 0 Å². The summed E-state index contributed by atoms with van der Waals surface area (Å²) in [6, 6.07) is 13.6. The Balaban J connectivity index is 0.00000200. The molecule has 1 heterocycles. The van der Waals surface area contributed by atoms with Gasteiger partial charge in [0.05, 0.1) is 5.69 Å². The van der Waals surface area contributed by atoms with Crippen LogP contribution in [0.2, 0.25) is 0 Å². The van der Waals surface area contributed by atoms with Crippen molar-refractivity contribution in [2.24, 2.45) is 0 Å². The summed E-state index contributed by atoms with van der Waals surface area (Å²) in [5.41, 5.74) is 0.603. The minimum absolute atomic E-state index is 0. The number of hydrogen-bond acceptors (Lipinski definition) is 2. The largest absolute Gasteiger partial charge is 1.00 e. The molecule has 2 aromatic rings. The SMILES string of the molecule is FC(F)(F)c1cccc(CNCc2ccccc2)n1.[BH4-].[Na+]. The van der Waals surface area contributed by atoms with E-state index in [9.17, 15) is 13.2 Å². The maximum Gasteiger partial charge on any atom is 1.00 e. The van der Waals surface area contributed by atoms with Gasteiger partial charge in [0, 0.05) is 13.1 Å². The number of pyridine rings is 1. The van der Waals surface area contributed by atoms with Gasteiger partial charge in [0.25, 0.3) is 0 Å². The van der Waals surface area contributed by atoms with Gasteiger partial charge in [-0.2, -0.15) is 13.2 Å². The minimum atomic E-state index is -4.39. The van der Waals surface area contributed by atoms with Crippen LogP contribution in [0.15, 0.2) is 48.5 Å². The van der Waals surface area contributed by atoms with Gasteiger partial charge < -0.3 is 5.32 Å². The molecular formula is C14H17BF3N2Na. The molecule has 1 N–H and O–H groups in total. The molecule has 0 unspecified atom stereocenters. The standard InChI is InChI=1S/C14H13F3N2.BH4.Na/c15-14(16,17)13-8-4-7-12(19-13)10-18-9-11-5-2-1-3-6-11;;/h1-8,18H,9-10H2;1H4;/q;-1;+1. The molecule has 0 aliphatic heterocycles. The fourth-order valence-corrected chi connectivity index (χ4v) is 1.67. The molecule has 0 spiro atoms. The van der Waals surface area contributed by atoms with Gasteiger partial charge in [0.1, 0.15) is 5.69 Å². The Morgan fingerprint density at radius 3 is 2.19 bits per heavy atom. The molecule has 1 aromatic heterocycles. The number of halogens is 3. The molecule has 0 saturated heterocycles. The minimum Gasteiger partial charge on any atom is -0.307 e. The monoisotopic (exact) mass is 304 g/mol. The van der Waals surface area contributed by atoms with Crippen LogP contribution in [-0.2, 0) is 19.3 Å². The summed E-state index contributed by atoms with van der Waals surface area (Å²) in [5, 5.41) is 3.07. The zero-order valence-electron chi connectivity index (χ0n) is 11.1. The number of nitrogens with zero attached hydrogens (tertiary/aromatic N) is 1. The van der Waals surface area contributed by atoms with Crippen LogP contribution >= 0.6 is 0 Å². The van der Waals surface area contributed by atoms with Crippen molar-refractivity contribution in [3.63, 3.8) is 0 Å². The van der Waals surface area contributed by atoms with Crippen molar-refractivity contribution in [1.82, 2.24) is 10.3 Å². The topological polar surface area (TPSA) is 24.9 Å². The Morgan fingerprint density at radius 2 is 1.57 bits per heavy atom. The number of benzene rings is 1. The van der Waals surface area contributed by atoms with Gasteiger partial charge >= 0.3 is 35.7 Å². The summed E-state index contributed by atoms with van der Waals surface area (Å²) < 4.78 is 37.4. The fourth-order valence-electron chi connectivity index (χ4n) is 1.67. The molecule has 1 aromatic carbocycles.